The summed E-state index contributed by atoms with van der Waals surface area (Å²) in [6.45, 7) is 2.33. The SMILES string of the molecule is COCCCC(N)C(=O)N(C)CC(=O)N1CCCC1. The van der Waals surface area contributed by atoms with Crippen molar-refractivity contribution in [2.24, 2.45) is 5.73 Å². The number of carbonyl (C=O) groups excluding carboxylic acids is 2. The zero-order valence-corrected chi connectivity index (χ0v) is 11.9. The molecule has 6 heteroatoms. The third kappa shape index (κ3) is 5.16. The molecule has 0 bridgehead atoms. The molecule has 1 unspecified atom stereocenters. The molecule has 1 aliphatic heterocycles. The van der Waals surface area contributed by atoms with Gasteiger partial charge in [-0.05, 0) is 25.7 Å². The second-order valence-electron chi connectivity index (χ2n) is 5.02. The van der Waals surface area contributed by atoms with Gasteiger partial charge >= 0.3 is 0 Å². The third-order valence-corrected chi connectivity index (χ3v) is 3.39. The highest BCUT2D eigenvalue weighted by Crippen LogP contribution is 2.08. The number of methoxy groups -OCH3 is 1. The van der Waals surface area contributed by atoms with E-state index < -0.39 is 6.04 Å². The first-order valence-corrected chi connectivity index (χ1v) is 6.83. The molecule has 0 saturated carbocycles. The molecule has 6 nitrogen and oxygen atoms in total. The van der Waals surface area contributed by atoms with Crippen LogP contribution in [0.5, 0.6) is 0 Å². The predicted molar refractivity (Wildman–Crippen MR) is 72.5 cm³/mol. The monoisotopic (exact) mass is 271 g/mol. The van der Waals surface area contributed by atoms with Crippen molar-refractivity contribution in [3.63, 3.8) is 0 Å². The second kappa shape index (κ2) is 8.12. The van der Waals surface area contributed by atoms with Crippen LogP contribution in [-0.2, 0) is 14.3 Å². The van der Waals surface area contributed by atoms with Crippen molar-refractivity contribution in [3.05, 3.63) is 0 Å². The molecule has 0 radical (unpaired) electrons. The summed E-state index contributed by atoms with van der Waals surface area (Å²) in [6, 6.07) is -0.550. The van der Waals surface area contributed by atoms with Crippen LogP contribution < -0.4 is 5.73 Å². The fourth-order valence-corrected chi connectivity index (χ4v) is 2.20. The smallest absolute Gasteiger partial charge is 0.242 e. The van der Waals surface area contributed by atoms with Crippen LogP contribution in [0.15, 0.2) is 0 Å². The van der Waals surface area contributed by atoms with Gasteiger partial charge in [-0.25, -0.2) is 0 Å². The Balaban J connectivity index is 2.32. The van der Waals surface area contributed by atoms with E-state index in [1.54, 1.807) is 19.1 Å². The van der Waals surface area contributed by atoms with Crippen LogP contribution in [-0.4, -0.2) is 68.1 Å². The minimum Gasteiger partial charge on any atom is -0.385 e. The van der Waals surface area contributed by atoms with Gasteiger partial charge in [-0.3, -0.25) is 9.59 Å². The second-order valence-corrected chi connectivity index (χ2v) is 5.02. The van der Waals surface area contributed by atoms with E-state index >= 15 is 0 Å². The van der Waals surface area contributed by atoms with Crippen molar-refractivity contribution in [1.29, 1.82) is 0 Å². The quantitative estimate of drug-likeness (QED) is 0.652. The van der Waals surface area contributed by atoms with Crippen LogP contribution in [0.1, 0.15) is 25.7 Å². The normalized spacial score (nSPS) is 16.5. The number of likely N-dealkylation sites (N-methyl/N-ethyl adjacent to an activating group) is 1. The Labute approximate surface area is 114 Å². The van der Waals surface area contributed by atoms with Gasteiger partial charge in [0.1, 0.15) is 0 Å². The molecule has 2 amide bonds. The van der Waals surface area contributed by atoms with Gasteiger partial charge in [-0.15, -0.1) is 0 Å². The minimum atomic E-state index is -0.550. The fraction of sp³-hybridized carbons (Fsp3) is 0.846. The van der Waals surface area contributed by atoms with Crippen LogP contribution in [0.25, 0.3) is 0 Å². The molecule has 110 valence electrons. The van der Waals surface area contributed by atoms with E-state index in [1.165, 1.54) is 4.90 Å². The summed E-state index contributed by atoms with van der Waals surface area (Å²) in [4.78, 5) is 27.1. The summed E-state index contributed by atoms with van der Waals surface area (Å²) >= 11 is 0. The first kappa shape index (κ1) is 15.9. The zero-order chi connectivity index (χ0) is 14.3. The molecule has 0 aromatic heterocycles. The standard InChI is InChI=1S/C13H25N3O3/c1-15(10-12(17)16-7-3-4-8-16)13(18)11(14)6-5-9-19-2/h11H,3-10,14H2,1-2H3. The first-order chi connectivity index (χ1) is 9.06. The summed E-state index contributed by atoms with van der Waals surface area (Å²) in [7, 11) is 3.25. The van der Waals surface area contributed by atoms with E-state index in [2.05, 4.69) is 0 Å². The first-order valence-electron chi connectivity index (χ1n) is 6.83. The molecule has 1 atom stereocenters. The van der Waals surface area contributed by atoms with Crippen molar-refractivity contribution >= 4 is 11.8 Å². The highest BCUT2D eigenvalue weighted by Gasteiger charge is 2.23. The minimum absolute atomic E-state index is 0.0115. The lowest BCUT2D eigenvalue weighted by Crippen LogP contribution is -2.46. The van der Waals surface area contributed by atoms with E-state index in [9.17, 15) is 9.59 Å². The maximum atomic E-state index is 12.0. The summed E-state index contributed by atoms with van der Waals surface area (Å²) in [5.74, 6) is -0.166. The van der Waals surface area contributed by atoms with E-state index in [0.29, 0.717) is 13.0 Å². The Kier molecular flexibility index (Phi) is 6.80. The summed E-state index contributed by atoms with van der Waals surface area (Å²) in [5, 5.41) is 0. The molecule has 1 aliphatic rings. The lowest BCUT2D eigenvalue weighted by molar-refractivity contribution is -0.139. The molecule has 0 aliphatic carbocycles. The maximum absolute atomic E-state index is 12.0. The molecule has 0 spiro atoms. The number of nitrogens with two attached hydrogens (primary N) is 1. The van der Waals surface area contributed by atoms with Crippen LogP contribution in [0.4, 0.5) is 0 Å². The number of likely N-dealkylation sites (tertiary alicyclic amines) is 1. The Morgan fingerprint density at radius 3 is 2.58 bits per heavy atom. The molecule has 0 aromatic carbocycles. The third-order valence-electron chi connectivity index (χ3n) is 3.39. The maximum Gasteiger partial charge on any atom is 0.242 e. The summed E-state index contributed by atoms with van der Waals surface area (Å²) < 4.78 is 4.92. The predicted octanol–water partition coefficient (Wildman–Crippen LogP) is -0.179. The van der Waals surface area contributed by atoms with Crippen LogP contribution in [0.2, 0.25) is 0 Å². The Bertz CT molecular complexity index is 304. The molecule has 0 aromatic rings. The molecule has 2 N–H and O–H groups in total. The van der Waals surface area contributed by atoms with Crippen molar-refractivity contribution in [2.75, 3.05) is 40.4 Å². The van der Waals surface area contributed by atoms with Crippen LogP contribution in [0.3, 0.4) is 0 Å². The number of rotatable bonds is 7. The largest absolute Gasteiger partial charge is 0.385 e. The average Bonchev–Trinajstić information content (AvgIpc) is 2.91. The molecule has 1 saturated heterocycles. The highest BCUT2D eigenvalue weighted by molar-refractivity contribution is 5.87. The van der Waals surface area contributed by atoms with Gasteiger partial charge in [-0.1, -0.05) is 0 Å². The van der Waals surface area contributed by atoms with Crippen LogP contribution in [0, 0.1) is 0 Å². The summed E-state index contributed by atoms with van der Waals surface area (Å²) in [6.07, 6.45) is 3.44. The lowest BCUT2D eigenvalue weighted by Gasteiger charge is -2.23. The van der Waals surface area contributed by atoms with Gasteiger partial charge in [0, 0.05) is 33.9 Å². The lowest BCUT2D eigenvalue weighted by atomic mass is 10.1. The molecular weight excluding hydrogens is 246 g/mol. The van der Waals surface area contributed by atoms with E-state index in [-0.39, 0.29) is 18.4 Å². The van der Waals surface area contributed by atoms with Crippen molar-refractivity contribution < 1.29 is 14.3 Å². The van der Waals surface area contributed by atoms with Gasteiger partial charge in [0.2, 0.25) is 11.8 Å². The van der Waals surface area contributed by atoms with Gasteiger partial charge in [0.15, 0.2) is 0 Å². The Morgan fingerprint density at radius 1 is 1.37 bits per heavy atom. The highest BCUT2D eigenvalue weighted by atomic mass is 16.5. The fourth-order valence-electron chi connectivity index (χ4n) is 2.20. The van der Waals surface area contributed by atoms with Gasteiger partial charge in [-0.2, -0.15) is 0 Å². The van der Waals surface area contributed by atoms with E-state index in [1.807, 2.05) is 0 Å². The zero-order valence-electron chi connectivity index (χ0n) is 11.9. The average molecular weight is 271 g/mol. The summed E-state index contributed by atoms with van der Waals surface area (Å²) in [5.41, 5.74) is 5.82. The number of amides is 2. The number of nitrogens with zero attached hydrogens (tertiary/aromatic N) is 2. The van der Waals surface area contributed by atoms with Crippen LogP contribution >= 0.6 is 0 Å². The number of hydrogen-bond donors (Lipinski definition) is 1. The molecule has 19 heavy (non-hydrogen) atoms. The Morgan fingerprint density at radius 2 is 2.00 bits per heavy atom. The van der Waals surface area contributed by atoms with Gasteiger partial charge < -0.3 is 20.3 Å². The van der Waals surface area contributed by atoms with E-state index in [4.69, 9.17) is 10.5 Å². The number of carbonyl (C=O) groups is 2. The molecule has 1 rings (SSSR count). The topological polar surface area (TPSA) is 75.9 Å². The van der Waals surface area contributed by atoms with Crippen molar-refractivity contribution in [3.8, 4) is 0 Å². The number of hydrogen-bond acceptors (Lipinski definition) is 4. The molecule has 1 fully saturated rings. The van der Waals surface area contributed by atoms with Gasteiger partial charge in [0.25, 0.3) is 0 Å². The van der Waals surface area contributed by atoms with Crippen molar-refractivity contribution in [1.82, 2.24) is 9.80 Å². The number of ether oxygens (including phenoxy) is 1. The molecular formula is C13H25N3O3. The Hall–Kier alpha value is -1.14. The van der Waals surface area contributed by atoms with Gasteiger partial charge in [0.05, 0.1) is 12.6 Å². The van der Waals surface area contributed by atoms with E-state index in [0.717, 1.165) is 32.4 Å². The van der Waals surface area contributed by atoms with Crippen molar-refractivity contribution in [2.45, 2.75) is 31.7 Å². The molecule has 1 heterocycles.